The maximum Gasteiger partial charge on any atom is 0.330 e. The normalized spacial score (nSPS) is 10.4. The van der Waals surface area contributed by atoms with Crippen molar-refractivity contribution in [1.82, 2.24) is 9.97 Å². The van der Waals surface area contributed by atoms with Crippen molar-refractivity contribution in [2.24, 2.45) is 0 Å². The number of esters is 1. The first-order valence-electron chi connectivity index (χ1n) is 5.59. The zero-order valence-corrected chi connectivity index (χ0v) is 10.3. The van der Waals surface area contributed by atoms with E-state index in [4.69, 9.17) is 4.74 Å². The van der Waals surface area contributed by atoms with Crippen molar-refractivity contribution < 1.29 is 14.3 Å². The predicted octanol–water partition coefficient (Wildman–Crippen LogP) is 2.46. The van der Waals surface area contributed by atoms with Crippen molar-refractivity contribution in [3.8, 4) is 11.8 Å². The average molecular weight is 256 g/mol. The smallest absolute Gasteiger partial charge is 0.330 e. The Balaban J connectivity index is 2.11. The molecule has 0 saturated carbocycles. The van der Waals surface area contributed by atoms with Gasteiger partial charge in [0, 0.05) is 18.5 Å². The third kappa shape index (κ3) is 3.92. The van der Waals surface area contributed by atoms with Gasteiger partial charge in [0.2, 0.25) is 0 Å². The van der Waals surface area contributed by atoms with E-state index in [-0.39, 0.29) is 6.01 Å². The van der Waals surface area contributed by atoms with Crippen LogP contribution in [-0.2, 0) is 9.53 Å². The lowest BCUT2D eigenvalue weighted by molar-refractivity contribution is -0.134. The quantitative estimate of drug-likeness (QED) is 0.621. The molecule has 5 nitrogen and oxygen atoms in total. The van der Waals surface area contributed by atoms with Gasteiger partial charge in [-0.3, -0.25) is 0 Å². The highest BCUT2D eigenvalue weighted by Gasteiger charge is 1.99. The maximum absolute atomic E-state index is 11.0. The van der Waals surface area contributed by atoms with E-state index in [9.17, 15) is 4.79 Å². The summed E-state index contributed by atoms with van der Waals surface area (Å²) in [7, 11) is 1.33. The summed E-state index contributed by atoms with van der Waals surface area (Å²) in [6, 6.07) is 9.20. The number of nitrogens with zero attached hydrogens (tertiary/aromatic N) is 2. The number of carbonyl (C=O) groups is 1. The van der Waals surface area contributed by atoms with Crippen LogP contribution in [0.4, 0.5) is 0 Å². The second kappa shape index (κ2) is 6.30. The monoisotopic (exact) mass is 256 g/mol. The van der Waals surface area contributed by atoms with Gasteiger partial charge in [0.1, 0.15) is 5.75 Å². The first-order chi connectivity index (χ1) is 9.28. The molecule has 2 rings (SSSR count). The Labute approximate surface area is 110 Å². The molecule has 0 spiro atoms. The van der Waals surface area contributed by atoms with Gasteiger partial charge in [-0.1, -0.05) is 12.1 Å². The molecule has 1 aromatic carbocycles. The van der Waals surface area contributed by atoms with Crippen LogP contribution >= 0.6 is 0 Å². The van der Waals surface area contributed by atoms with Crippen molar-refractivity contribution in [2.45, 2.75) is 0 Å². The molecule has 0 aliphatic heterocycles. The summed E-state index contributed by atoms with van der Waals surface area (Å²) in [6.45, 7) is 0. The molecule has 2 aromatic rings. The summed E-state index contributed by atoms with van der Waals surface area (Å²) in [5, 5.41) is 0. The van der Waals surface area contributed by atoms with E-state index in [0.717, 1.165) is 5.56 Å². The topological polar surface area (TPSA) is 61.3 Å². The summed E-state index contributed by atoms with van der Waals surface area (Å²) in [6.07, 6.45) is 6.19. The van der Waals surface area contributed by atoms with Gasteiger partial charge < -0.3 is 9.47 Å². The maximum atomic E-state index is 11.0. The number of hydrogen-bond acceptors (Lipinski definition) is 5. The molecule has 0 aliphatic rings. The van der Waals surface area contributed by atoms with Gasteiger partial charge in [-0.15, -0.1) is 0 Å². The highest BCUT2D eigenvalue weighted by atomic mass is 16.5. The van der Waals surface area contributed by atoms with Crippen molar-refractivity contribution >= 4 is 12.0 Å². The van der Waals surface area contributed by atoms with Crippen molar-refractivity contribution in [1.29, 1.82) is 0 Å². The molecule has 96 valence electrons. The van der Waals surface area contributed by atoms with Gasteiger partial charge in [-0.25, -0.2) is 14.8 Å². The van der Waals surface area contributed by atoms with Crippen LogP contribution in [0.1, 0.15) is 5.56 Å². The van der Waals surface area contributed by atoms with Crippen LogP contribution in [0.15, 0.2) is 48.8 Å². The van der Waals surface area contributed by atoms with Crippen LogP contribution < -0.4 is 4.74 Å². The highest BCUT2D eigenvalue weighted by Crippen LogP contribution is 2.19. The first kappa shape index (κ1) is 12.8. The van der Waals surface area contributed by atoms with Gasteiger partial charge >= 0.3 is 12.0 Å². The molecule has 0 fully saturated rings. The molecule has 0 atom stereocenters. The summed E-state index contributed by atoms with van der Waals surface area (Å²) in [5.74, 6) is 0.191. The molecule has 19 heavy (non-hydrogen) atoms. The van der Waals surface area contributed by atoms with Gasteiger partial charge in [0.25, 0.3) is 0 Å². The first-order valence-corrected chi connectivity index (χ1v) is 5.59. The summed E-state index contributed by atoms with van der Waals surface area (Å²) < 4.78 is 10.0. The molecule has 0 aliphatic carbocycles. The van der Waals surface area contributed by atoms with Crippen LogP contribution in [0.5, 0.6) is 11.8 Å². The second-order valence-electron chi connectivity index (χ2n) is 3.56. The Morgan fingerprint density at radius 2 is 2.00 bits per heavy atom. The van der Waals surface area contributed by atoms with Crippen molar-refractivity contribution in [3.63, 3.8) is 0 Å². The fourth-order valence-corrected chi connectivity index (χ4v) is 1.36. The summed E-state index contributed by atoms with van der Waals surface area (Å²) >= 11 is 0. The Bertz CT molecular complexity index is 582. The molecular weight excluding hydrogens is 244 g/mol. The van der Waals surface area contributed by atoms with Crippen molar-refractivity contribution in [2.75, 3.05) is 7.11 Å². The zero-order chi connectivity index (χ0) is 13.5. The van der Waals surface area contributed by atoms with E-state index in [0.29, 0.717) is 5.75 Å². The van der Waals surface area contributed by atoms with Gasteiger partial charge in [-0.2, -0.15) is 0 Å². The highest BCUT2D eigenvalue weighted by molar-refractivity contribution is 5.86. The van der Waals surface area contributed by atoms with E-state index < -0.39 is 5.97 Å². The van der Waals surface area contributed by atoms with E-state index in [1.54, 1.807) is 36.7 Å². The molecule has 5 heteroatoms. The Morgan fingerprint density at radius 3 is 2.74 bits per heavy atom. The number of hydrogen-bond donors (Lipinski definition) is 0. The van der Waals surface area contributed by atoms with Gasteiger partial charge in [-0.05, 0) is 29.8 Å². The van der Waals surface area contributed by atoms with Gasteiger partial charge in [0.05, 0.1) is 7.11 Å². The fourth-order valence-electron chi connectivity index (χ4n) is 1.36. The van der Waals surface area contributed by atoms with Crippen LogP contribution in [0.25, 0.3) is 6.08 Å². The minimum Gasteiger partial charge on any atom is -0.466 e. The number of carbonyl (C=O) groups excluding carboxylic acids is 1. The third-order valence-electron chi connectivity index (χ3n) is 2.22. The summed E-state index contributed by atoms with van der Waals surface area (Å²) in [4.78, 5) is 18.9. The molecule has 1 aromatic heterocycles. The molecular formula is C14H12N2O3. The second-order valence-corrected chi connectivity index (χ2v) is 3.56. The number of methoxy groups -OCH3 is 1. The largest absolute Gasteiger partial charge is 0.466 e. The van der Waals surface area contributed by atoms with E-state index >= 15 is 0 Å². The van der Waals surface area contributed by atoms with Crippen LogP contribution in [0.3, 0.4) is 0 Å². The zero-order valence-electron chi connectivity index (χ0n) is 10.3. The summed E-state index contributed by atoms with van der Waals surface area (Å²) in [5.41, 5.74) is 0.818. The molecule has 0 N–H and O–H groups in total. The number of ether oxygens (including phenoxy) is 2. The van der Waals surface area contributed by atoms with Gasteiger partial charge in [0.15, 0.2) is 0 Å². The van der Waals surface area contributed by atoms with Crippen LogP contribution in [-0.4, -0.2) is 23.0 Å². The lowest BCUT2D eigenvalue weighted by atomic mass is 10.2. The predicted molar refractivity (Wildman–Crippen MR) is 69.6 cm³/mol. The lowest BCUT2D eigenvalue weighted by Crippen LogP contribution is -1.93. The lowest BCUT2D eigenvalue weighted by Gasteiger charge is -2.03. The van der Waals surface area contributed by atoms with E-state index in [2.05, 4.69) is 14.7 Å². The number of benzene rings is 1. The molecule has 0 saturated heterocycles. The van der Waals surface area contributed by atoms with E-state index in [1.165, 1.54) is 13.2 Å². The molecule has 0 bridgehead atoms. The third-order valence-corrected chi connectivity index (χ3v) is 2.22. The SMILES string of the molecule is COC(=O)C=Cc1cccc(Oc2ncccn2)c1. The average Bonchev–Trinajstić information content (AvgIpc) is 2.46. The molecule has 0 amide bonds. The minimum atomic E-state index is -0.405. The molecule has 0 unspecified atom stereocenters. The minimum absolute atomic E-state index is 0.275. The Morgan fingerprint density at radius 1 is 1.21 bits per heavy atom. The van der Waals surface area contributed by atoms with Crippen LogP contribution in [0.2, 0.25) is 0 Å². The molecule has 1 heterocycles. The van der Waals surface area contributed by atoms with Crippen molar-refractivity contribution in [3.05, 3.63) is 54.4 Å². The van der Waals surface area contributed by atoms with E-state index in [1.807, 2.05) is 12.1 Å². The number of rotatable bonds is 4. The fraction of sp³-hybridized carbons (Fsp3) is 0.0714. The van der Waals surface area contributed by atoms with Crippen LogP contribution in [0, 0.1) is 0 Å². The Kier molecular flexibility index (Phi) is 4.23. The molecule has 0 radical (unpaired) electrons. The standard InChI is InChI=1S/C14H12N2O3/c1-18-13(17)7-6-11-4-2-5-12(10-11)19-14-15-8-3-9-16-14/h2-10H,1H3. The number of aromatic nitrogens is 2. The Hall–Kier alpha value is -2.69.